The molecular weight excluding hydrogens is 238 g/mol. The summed E-state index contributed by atoms with van der Waals surface area (Å²) >= 11 is 0. The Kier molecular flexibility index (Phi) is 2.97. The summed E-state index contributed by atoms with van der Waals surface area (Å²) in [7, 11) is 0. The molecule has 0 unspecified atom stereocenters. The molecule has 5 nitrogen and oxygen atoms in total. The predicted octanol–water partition coefficient (Wildman–Crippen LogP) is 2.23. The van der Waals surface area contributed by atoms with Gasteiger partial charge in [0, 0.05) is 6.04 Å². The molecule has 0 saturated carbocycles. The van der Waals surface area contributed by atoms with E-state index in [4.69, 9.17) is 5.73 Å². The molecule has 5 heteroatoms. The van der Waals surface area contributed by atoms with Gasteiger partial charge in [-0.25, -0.2) is 4.68 Å². The maximum absolute atomic E-state index is 5.96. The maximum atomic E-state index is 5.96. The molecule has 2 aromatic heterocycles. The summed E-state index contributed by atoms with van der Waals surface area (Å²) < 4.78 is 1.78. The average molecular weight is 253 g/mol. The van der Waals surface area contributed by atoms with Crippen LogP contribution in [0.15, 0.2) is 42.6 Å². The van der Waals surface area contributed by atoms with E-state index in [1.54, 1.807) is 10.9 Å². The van der Waals surface area contributed by atoms with E-state index in [-0.39, 0.29) is 6.04 Å². The molecule has 0 aliphatic heterocycles. The van der Waals surface area contributed by atoms with Gasteiger partial charge < -0.3 is 5.73 Å². The van der Waals surface area contributed by atoms with Crippen molar-refractivity contribution in [3.63, 3.8) is 0 Å². The molecule has 3 aromatic rings. The monoisotopic (exact) mass is 253 g/mol. The molecule has 3 rings (SSSR count). The van der Waals surface area contributed by atoms with E-state index in [9.17, 15) is 0 Å². The fraction of sp³-hybridized carbons (Fsp3) is 0.214. The van der Waals surface area contributed by atoms with Crippen molar-refractivity contribution in [3.8, 4) is 5.69 Å². The number of para-hydroxylation sites is 1. The molecule has 1 atom stereocenters. The topological polar surface area (TPSA) is 69.6 Å². The Morgan fingerprint density at radius 2 is 2.05 bits per heavy atom. The summed E-state index contributed by atoms with van der Waals surface area (Å²) in [6.45, 7) is 2.05. The lowest BCUT2D eigenvalue weighted by atomic mass is 10.1. The third kappa shape index (κ3) is 2.08. The van der Waals surface area contributed by atoms with Gasteiger partial charge in [-0.05, 0) is 30.7 Å². The first-order valence-electron chi connectivity index (χ1n) is 6.32. The highest BCUT2D eigenvalue weighted by molar-refractivity contribution is 5.75. The van der Waals surface area contributed by atoms with Crippen LogP contribution in [0, 0.1) is 0 Å². The standard InChI is InChI=1S/C14H15N5/c1-2-11(15)12-8-7-10(9-16-12)19-14-6-4-3-5-13(14)17-18-19/h3-9,11H,2,15H2,1H3/t11-/m1/s1. The van der Waals surface area contributed by atoms with Crippen LogP contribution in [0.3, 0.4) is 0 Å². The zero-order chi connectivity index (χ0) is 13.2. The average Bonchev–Trinajstić information content (AvgIpc) is 2.90. The zero-order valence-corrected chi connectivity index (χ0v) is 10.7. The van der Waals surface area contributed by atoms with Crippen molar-refractivity contribution in [2.75, 3.05) is 0 Å². The molecule has 1 aromatic carbocycles. The van der Waals surface area contributed by atoms with E-state index in [1.807, 2.05) is 43.3 Å². The second-order valence-electron chi connectivity index (χ2n) is 4.45. The minimum Gasteiger partial charge on any atom is -0.323 e. The molecule has 0 amide bonds. The smallest absolute Gasteiger partial charge is 0.113 e. The Bertz CT molecular complexity index is 686. The Balaban J connectivity index is 2.02. The zero-order valence-electron chi connectivity index (χ0n) is 10.7. The van der Waals surface area contributed by atoms with Crippen LogP contribution in [0.2, 0.25) is 0 Å². The quantitative estimate of drug-likeness (QED) is 0.777. The number of hydrogen-bond acceptors (Lipinski definition) is 4. The minimum absolute atomic E-state index is 0.0125. The molecule has 2 heterocycles. The van der Waals surface area contributed by atoms with Crippen molar-refractivity contribution in [1.29, 1.82) is 0 Å². The highest BCUT2D eigenvalue weighted by Gasteiger charge is 2.08. The lowest BCUT2D eigenvalue weighted by Gasteiger charge is -2.08. The third-order valence-corrected chi connectivity index (χ3v) is 3.19. The van der Waals surface area contributed by atoms with Crippen LogP contribution in [0.5, 0.6) is 0 Å². The summed E-state index contributed by atoms with van der Waals surface area (Å²) in [6, 6.07) is 11.7. The predicted molar refractivity (Wildman–Crippen MR) is 73.9 cm³/mol. The van der Waals surface area contributed by atoms with Crippen LogP contribution in [0.4, 0.5) is 0 Å². The highest BCUT2D eigenvalue weighted by Crippen LogP contribution is 2.17. The number of nitrogens with zero attached hydrogens (tertiary/aromatic N) is 4. The van der Waals surface area contributed by atoms with Crippen LogP contribution >= 0.6 is 0 Å². The van der Waals surface area contributed by atoms with Crippen molar-refractivity contribution in [1.82, 2.24) is 20.0 Å². The number of fused-ring (bicyclic) bond motifs is 1. The van der Waals surface area contributed by atoms with Crippen LogP contribution in [0.1, 0.15) is 25.1 Å². The second-order valence-corrected chi connectivity index (χ2v) is 4.45. The minimum atomic E-state index is -0.0125. The first-order chi connectivity index (χ1) is 9.29. The van der Waals surface area contributed by atoms with Gasteiger partial charge >= 0.3 is 0 Å². The van der Waals surface area contributed by atoms with Crippen molar-refractivity contribution in [2.24, 2.45) is 5.73 Å². The Hall–Kier alpha value is -2.27. The van der Waals surface area contributed by atoms with Crippen molar-refractivity contribution < 1.29 is 0 Å². The first kappa shape index (κ1) is 11.8. The van der Waals surface area contributed by atoms with Gasteiger partial charge in [0.15, 0.2) is 0 Å². The summed E-state index contributed by atoms with van der Waals surface area (Å²) in [5.41, 5.74) is 9.59. The van der Waals surface area contributed by atoms with Crippen LogP contribution in [0.25, 0.3) is 16.7 Å². The van der Waals surface area contributed by atoms with Gasteiger partial charge in [0.25, 0.3) is 0 Å². The van der Waals surface area contributed by atoms with E-state index in [2.05, 4.69) is 15.3 Å². The molecule has 2 N–H and O–H groups in total. The van der Waals surface area contributed by atoms with Crippen LogP contribution < -0.4 is 5.73 Å². The number of benzene rings is 1. The van der Waals surface area contributed by atoms with E-state index in [0.717, 1.165) is 28.8 Å². The number of rotatable bonds is 3. The molecule has 0 bridgehead atoms. The van der Waals surface area contributed by atoms with Gasteiger partial charge in [-0.3, -0.25) is 4.98 Å². The summed E-state index contributed by atoms with van der Waals surface area (Å²) in [5, 5.41) is 8.28. The van der Waals surface area contributed by atoms with Crippen molar-refractivity contribution >= 4 is 11.0 Å². The Morgan fingerprint density at radius 1 is 1.21 bits per heavy atom. The van der Waals surface area contributed by atoms with Gasteiger partial charge in [-0.15, -0.1) is 5.10 Å². The van der Waals surface area contributed by atoms with E-state index < -0.39 is 0 Å². The largest absolute Gasteiger partial charge is 0.323 e. The van der Waals surface area contributed by atoms with Crippen molar-refractivity contribution in [3.05, 3.63) is 48.3 Å². The van der Waals surface area contributed by atoms with Gasteiger partial charge in [0.05, 0.1) is 23.1 Å². The number of nitrogens with two attached hydrogens (primary N) is 1. The fourth-order valence-electron chi connectivity index (χ4n) is 2.01. The van der Waals surface area contributed by atoms with Crippen LogP contribution in [-0.4, -0.2) is 20.0 Å². The fourth-order valence-corrected chi connectivity index (χ4v) is 2.01. The first-order valence-corrected chi connectivity index (χ1v) is 6.32. The lowest BCUT2D eigenvalue weighted by Crippen LogP contribution is -2.10. The molecule has 0 aliphatic rings. The maximum Gasteiger partial charge on any atom is 0.113 e. The Labute approximate surface area is 111 Å². The molecule has 0 fully saturated rings. The molecular formula is C14H15N5. The van der Waals surface area contributed by atoms with Gasteiger partial charge in [0.1, 0.15) is 5.52 Å². The molecule has 0 aliphatic carbocycles. The van der Waals surface area contributed by atoms with E-state index >= 15 is 0 Å². The molecule has 0 spiro atoms. The third-order valence-electron chi connectivity index (χ3n) is 3.19. The second kappa shape index (κ2) is 4.78. The SMILES string of the molecule is CC[C@@H](N)c1ccc(-n2nnc3ccccc32)cn1. The lowest BCUT2D eigenvalue weighted by molar-refractivity contribution is 0.674. The van der Waals surface area contributed by atoms with Gasteiger partial charge in [-0.1, -0.05) is 24.3 Å². The van der Waals surface area contributed by atoms with Gasteiger partial charge in [0.2, 0.25) is 0 Å². The summed E-state index contributed by atoms with van der Waals surface area (Å²) in [4.78, 5) is 4.40. The highest BCUT2D eigenvalue weighted by atomic mass is 15.4. The van der Waals surface area contributed by atoms with E-state index in [0.29, 0.717) is 0 Å². The number of aromatic nitrogens is 4. The molecule has 0 saturated heterocycles. The number of pyridine rings is 1. The molecule has 0 radical (unpaired) electrons. The molecule has 96 valence electrons. The van der Waals surface area contributed by atoms with Crippen molar-refractivity contribution in [2.45, 2.75) is 19.4 Å². The summed E-state index contributed by atoms with van der Waals surface area (Å²) in [5.74, 6) is 0. The van der Waals surface area contributed by atoms with Crippen LogP contribution in [-0.2, 0) is 0 Å². The molecule has 19 heavy (non-hydrogen) atoms. The normalized spacial score (nSPS) is 12.7. The summed E-state index contributed by atoms with van der Waals surface area (Å²) in [6.07, 6.45) is 2.66. The number of hydrogen-bond donors (Lipinski definition) is 1. The van der Waals surface area contributed by atoms with Gasteiger partial charge in [-0.2, -0.15) is 0 Å². The Morgan fingerprint density at radius 3 is 2.79 bits per heavy atom. The van der Waals surface area contributed by atoms with E-state index in [1.165, 1.54) is 0 Å².